The molecule has 4 nitrogen and oxygen atoms in total. The summed E-state index contributed by atoms with van der Waals surface area (Å²) in [4.78, 5) is 28.5. The van der Waals surface area contributed by atoms with Gasteiger partial charge in [-0.15, -0.1) is 11.3 Å². The minimum absolute atomic E-state index is 0.114. The summed E-state index contributed by atoms with van der Waals surface area (Å²) in [6.45, 7) is 3.94. The number of hydrogen-bond acceptors (Lipinski definition) is 3. The molecule has 128 valence electrons. The molecule has 1 aromatic carbocycles. The van der Waals surface area contributed by atoms with Crippen molar-refractivity contribution in [2.45, 2.75) is 13.3 Å². The molecular weight excluding hydrogens is 391 g/mol. The first-order valence-electron chi connectivity index (χ1n) is 7.56. The van der Waals surface area contributed by atoms with E-state index < -0.39 is 0 Å². The van der Waals surface area contributed by atoms with Gasteiger partial charge in [-0.3, -0.25) is 9.59 Å². The predicted octanol–water partition coefficient (Wildman–Crippen LogP) is 4.56. The Bertz CT molecular complexity index is 813. The van der Waals surface area contributed by atoms with Gasteiger partial charge in [-0.25, -0.2) is 0 Å². The lowest BCUT2D eigenvalue weighted by atomic mass is 10.2. The molecular formula is C16H15Cl3N2O2S. The fraction of sp³-hybridized carbons (Fsp3) is 0.375. The lowest BCUT2D eigenvalue weighted by Crippen LogP contribution is -2.50. The van der Waals surface area contributed by atoms with E-state index in [2.05, 4.69) is 0 Å². The largest absolute Gasteiger partial charge is 0.339 e. The lowest BCUT2D eigenvalue weighted by molar-refractivity contribution is -0.132. The van der Waals surface area contributed by atoms with Crippen molar-refractivity contribution in [1.82, 2.24) is 9.80 Å². The minimum atomic E-state index is -0.128. The van der Waals surface area contributed by atoms with Gasteiger partial charge in [0.25, 0.3) is 5.91 Å². The molecule has 2 amide bonds. The second kappa shape index (κ2) is 7.08. The average Bonchev–Trinajstić information content (AvgIpc) is 2.90. The Labute approximate surface area is 158 Å². The molecule has 1 aliphatic rings. The Balaban J connectivity index is 1.84. The van der Waals surface area contributed by atoms with Crippen LogP contribution in [0.1, 0.15) is 23.0 Å². The summed E-state index contributed by atoms with van der Waals surface area (Å²) >= 11 is 19.9. The molecule has 1 aromatic heterocycles. The van der Waals surface area contributed by atoms with E-state index in [4.69, 9.17) is 34.8 Å². The van der Waals surface area contributed by atoms with Crippen LogP contribution in [-0.2, 0) is 4.79 Å². The van der Waals surface area contributed by atoms with Crippen molar-refractivity contribution in [3.8, 4) is 0 Å². The van der Waals surface area contributed by atoms with Crippen molar-refractivity contribution in [3.05, 3.63) is 32.1 Å². The van der Waals surface area contributed by atoms with E-state index in [1.165, 1.54) is 11.3 Å². The van der Waals surface area contributed by atoms with Crippen molar-refractivity contribution >= 4 is 68.0 Å². The van der Waals surface area contributed by atoms with Gasteiger partial charge in [-0.1, -0.05) is 41.7 Å². The number of carbonyl (C=O) groups is 2. The third-order valence-electron chi connectivity index (χ3n) is 4.07. The number of amides is 2. The summed E-state index contributed by atoms with van der Waals surface area (Å²) in [6, 6.07) is 3.38. The van der Waals surface area contributed by atoms with Crippen LogP contribution in [0.25, 0.3) is 10.1 Å². The van der Waals surface area contributed by atoms with E-state index in [1.807, 2.05) is 6.92 Å². The van der Waals surface area contributed by atoms with Crippen molar-refractivity contribution < 1.29 is 9.59 Å². The second-order valence-electron chi connectivity index (χ2n) is 5.53. The van der Waals surface area contributed by atoms with Gasteiger partial charge in [0.2, 0.25) is 5.91 Å². The zero-order chi connectivity index (χ0) is 17.4. The van der Waals surface area contributed by atoms with E-state index in [9.17, 15) is 9.59 Å². The standard InChI is InChI=1S/C16H15Cl3N2O2S/c1-2-12(22)20-3-5-21(6-4-20)16(23)15-14(19)13-10(18)7-9(17)8-11(13)24-15/h7-8H,2-6H2,1H3. The van der Waals surface area contributed by atoms with Gasteiger partial charge >= 0.3 is 0 Å². The van der Waals surface area contributed by atoms with E-state index in [0.717, 1.165) is 4.70 Å². The molecule has 3 rings (SSSR count). The Morgan fingerprint density at radius 1 is 1.08 bits per heavy atom. The number of piperazine rings is 1. The molecule has 1 aliphatic heterocycles. The van der Waals surface area contributed by atoms with Crippen molar-refractivity contribution in [2.75, 3.05) is 26.2 Å². The maximum Gasteiger partial charge on any atom is 0.265 e. The van der Waals surface area contributed by atoms with Crippen molar-refractivity contribution in [1.29, 1.82) is 0 Å². The average molecular weight is 406 g/mol. The fourth-order valence-electron chi connectivity index (χ4n) is 2.78. The molecule has 0 unspecified atom stereocenters. The summed E-state index contributed by atoms with van der Waals surface area (Å²) in [5, 5.41) is 1.98. The summed E-state index contributed by atoms with van der Waals surface area (Å²) in [7, 11) is 0. The Hall–Kier alpha value is -1.01. The SMILES string of the molecule is CCC(=O)N1CCN(C(=O)c2sc3cc(Cl)cc(Cl)c3c2Cl)CC1. The lowest BCUT2D eigenvalue weighted by Gasteiger charge is -2.34. The molecule has 2 aromatic rings. The zero-order valence-electron chi connectivity index (χ0n) is 12.9. The van der Waals surface area contributed by atoms with Gasteiger partial charge in [0.05, 0.1) is 10.0 Å². The van der Waals surface area contributed by atoms with Crippen LogP contribution in [0.5, 0.6) is 0 Å². The Kier molecular flexibility index (Phi) is 5.25. The highest BCUT2D eigenvalue weighted by Crippen LogP contribution is 2.41. The molecule has 0 aliphatic carbocycles. The van der Waals surface area contributed by atoms with Crippen LogP contribution in [-0.4, -0.2) is 47.8 Å². The van der Waals surface area contributed by atoms with Gasteiger partial charge < -0.3 is 9.80 Å². The fourth-order valence-corrected chi connectivity index (χ4v) is 5.12. The Morgan fingerprint density at radius 2 is 1.71 bits per heavy atom. The van der Waals surface area contributed by atoms with E-state index in [-0.39, 0.29) is 11.8 Å². The first-order valence-corrected chi connectivity index (χ1v) is 9.51. The van der Waals surface area contributed by atoms with Crippen LogP contribution in [0.15, 0.2) is 12.1 Å². The smallest absolute Gasteiger partial charge is 0.265 e. The van der Waals surface area contributed by atoms with Crippen molar-refractivity contribution in [2.24, 2.45) is 0 Å². The molecule has 0 N–H and O–H groups in total. The zero-order valence-corrected chi connectivity index (χ0v) is 16.0. The van der Waals surface area contributed by atoms with Crippen LogP contribution in [0.4, 0.5) is 0 Å². The highest BCUT2D eigenvalue weighted by Gasteiger charge is 2.27. The van der Waals surface area contributed by atoms with Gasteiger partial charge in [0, 0.05) is 47.7 Å². The summed E-state index contributed by atoms with van der Waals surface area (Å²) in [5.74, 6) is -0.0135. The number of hydrogen-bond donors (Lipinski definition) is 0. The first kappa shape index (κ1) is 17.8. The second-order valence-corrected chi connectivity index (χ2v) is 7.81. The minimum Gasteiger partial charge on any atom is -0.339 e. The number of rotatable bonds is 2. The third kappa shape index (κ3) is 3.23. The molecule has 0 saturated carbocycles. The van der Waals surface area contributed by atoms with Crippen LogP contribution in [0.3, 0.4) is 0 Å². The molecule has 0 atom stereocenters. The van der Waals surface area contributed by atoms with Crippen molar-refractivity contribution in [3.63, 3.8) is 0 Å². The predicted molar refractivity (Wildman–Crippen MR) is 99.6 cm³/mol. The van der Waals surface area contributed by atoms with Crippen LogP contribution >= 0.6 is 46.1 Å². The molecule has 0 spiro atoms. The van der Waals surface area contributed by atoms with Gasteiger partial charge in [0.15, 0.2) is 0 Å². The van der Waals surface area contributed by atoms with E-state index >= 15 is 0 Å². The highest BCUT2D eigenvalue weighted by atomic mass is 35.5. The van der Waals surface area contributed by atoms with Gasteiger partial charge in [-0.2, -0.15) is 0 Å². The number of thiophene rings is 1. The summed E-state index contributed by atoms with van der Waals surface area (Å²) in [5.41, 5.74) is 0. The molecule has 1 saturated heterocycles. The van der Waals surface area contributed by atoms with E-state index in [0.29, 0.717) is 57.9 Å². The van der Waals surface area contributed by atoms with Gasteiger partial charge in [-0.05, 0) is 12.1 Å². The molecule has 24 heavy (non-hydrogen) atoms. The number of carbonyl (C=O) groups excluding carboxylic acids is 2. The molecule has 8 heteroatoms. The number of fused-ring (bicyclic) bond motifs is 1. The van der Waals surface area contributed by atoms with E-state index in [1.54, 1.807) is 21.9 Å². The Morgan fingerprint density at radius 3 is 2.33 bits per heavy atom. The van der Waals surface area contributed by atoms with Crippen LogP contribution in [0, 0.1) is 0 Å². The normalized spacial score (nSPS) is 15.2. The maximum atomic E-state index is 12.8. The van der Waals surface area contributed by atoms with Crippen LogP contribution < -0.4 is 0 Å². The summed E-state index contributed by atoms with van der Waals surface area (Å²) < 4.78 is 0.792. The third-order valence-corrected chi connectivity index (χ3v) is 6.20. The summed E-state index contributed by atoms with van der Waals surface area (Å²) in [6.07, 6.45) is 0.481. The highest BCUT2D eigenvalue weighted by molar-refractivity contribution is 7.21. The number of benzene rings is 1. The number of nitrogens with zero attached hydrogens (tertiary/aromatic N) is 2. The molecule has 2 heterocycles. The number of halogens is 3. The monoisotopic (exact) mass is 404 g/mol. The van der Waals surface area contributed by atoms with Crippen LogP contribution in [0.2, 0.25) is 15.1 Å². The van der Waals surface area contributed by atoms with Gasteiger partial charge in [0.1, 0.15) is 4.88 Å². The first-order chi connectivity index (χ1) is 11.4. The topological polar surface area (TPSA) is 40.6 Å². The molecule has 1 fully saturated rings. The quantitative estimate of drug-likeness (QED) is 0.735. The molecule has 0 radical (unpaired) electrons. The maximum absolute atomic E-state index is 12.8. The molecule has 0 bridgehead atoms.